The Morgan fingerprint density at radius 3 is 1.16 bits per heavy atom. The van der Waals surface area contributed by atoms with Crippen molar-refractivity contribution < 1.29 is 79.2 Å². The molecule has 8 N–H and O–H groups in total. The zero-order valence-electron chi connectivity index (χ0n) is 24.1. The van der Waals surface area contributed by atoms with Crippen LogP contribution < -0.4 is 0 Å². The molecule has 0 spiro atoms. The zero-order chi connectivity index (χ0) is 36.5. The molecule has 0 aromatic heterocycles. The summed E-state index contributed by atoms with van der Waals surface area (Å²) in [5.74, 6) is -8.69. The van der Waals surface area contributed by atoms with Gasteiger partial charge in [0.2, 0.25) is 0 Å². The summed E-state index contributed by atoms with van der Waals surface area (Å²) < 4.78 is 0. The molecule has 0 aliphatic rings. The van der Waals surface area contributed by atoms with E-state index in [0.717, 1.165) is 23.8 Å². The van der Waals surface area contributed by atoms with Gasteiger partial charge in [-0.15, -0.1) is 0 Å². The van der Waals surface area contributed by atoms with Crippen LogP contribution in [0.3, 0.4) is 0 Å². The number of carbonyl (C=O) groups is 8. The van der Waals surface area contributed by atoms with Crippen LogP contribution in [0.15, 0.2) is 97.7 Å². The molecule has 1 aromatic carbocycles. The normalized spacial score (nSPS) is 8.84. The fraction of sp³-hybridized carbons (Fsp3) is 0.103. The first-order valence-corrected chi connectivity index (χ1v) is 11.5. The molecule has 45 heavy (non-hydrogen) atoms. The lowest BCUT2D eigenvalue weighted by atomic mass is 10.2. The Bertz CT molecular complexity index is 1220. The minimum Gasteiger partial charge on any atom is -0.481 e. The molecule has 0 saturated heterocycles. The van der Waals surface area contributed by atoms with E-state index >= 15 is 0 Å². The van der Waals surface area contributed by atoms with Gasteiger partial charge < -0.3 is 40.9 Å². The Kier molecular flexibility index (Phi) is 34.2. The van der Waals surface area contributed by atoms with Crippen LogP contribution in [0.4, 0.5) is 0 Å². The van der Waals surface area contributed by atoms with Gasteiger partial charge in [0.25, 0.3) is 0 Å². The average molecular weight is 639 g/mol. The Balaban J connectivity index is -0.000000146. The molecule has 0 saturated carbocycles. The number of aliphatic carboxylic acids is 8. The van der Waals surface area contributed by atoms with Gasteiger partial charge in [-0.05, 0) is 25.5 Å². The topological polar surface area (TPSA) is 298 Å². The van der Waals surface area contributed by atoms with Crippen LogP contribution in [0.1, 0.15) is 25.8 Å². The highest BCUT2D eigenvalue weighted by Crippen LogP contribution is 2.00. The summed E-state index contributed by atoms with van der Waals surface area (Å²) in [5.41, 5.74) is 0.771. The van der Waals surface area contributed by atoms with Gasteiger partial charge in [0.1, 0.15) is 0 Å². The second-order valence-electron chi connectivity index (χ2n) is 7.04. The number of hydrogen-bond donors (Lipinski definition) is 8. The van der Waals surface area contributed by atoms with E-state index in [1.807, 2.05) is 30.3 Å². The van der Waals surface area contributed by atoms with Crippen molar-refractivity contribution in [2.24, 2.45) is 0 Å². The molecule has 0 fully saturated rings. The summed E-state index contributed by atoms with van der Waals surface area (Å²) >= 11 is 0. The van der Waals surface area contributed by atoms with E-state index in [1.54, 1.807) is 13.0 Å². The fourth-order valence-electron chi connectivity index (χ4n) is 1.27. The van der Waals surface area contributed by atoms with Crippen molar-refractivity contribution in [2.45, 2.75) is 20.3 Å². The number of benzene rings is 1. The van der Waals surface area contributed by atoms with Crippen molar-refractivity contribution in [3.63, 3.8) is 0 Å². The third kappa shape index (κ3) is 58.1. The van der Waals surface area contributed by atoms with Crippen LogP contribution in [-0.2, 0) is 38.4 Å². The molecule has 246 valence electrons. The van der Waals surface area contributed by atoms with Crippen molar-refractivity contribution >= 4 is 53.8 Å². The summed E-state index contributed by atoms with van der Waals surface area (Å²) in [6, 6.07) is 9.31. The van der Waals surface area contributed by atoms with E-state index in [9.17, 15) is 38.4 Å². The predicted octanol–water partition coefficient (Wildman–Crippen LogP) is 3.15. The molecule has 0 amide bonds. The fourth-order valence-corrected chi connectivity index (χ4v) is 1.27. The second-order valence-corrected chi connectivity index (χ2v) is 7.04. The molecule has 0 aliphatic carbocycles. The number of carboxylic acids is 8. The molecule has 0 heterocycles. The average Bonchev–Trinajstić information content (AvgIpc) is 2.92. The molecule has 1 aromatic rings. The first-order valence-electron chi connectivity index (χ1n) is 11.5. The minimum atomic E-state index is -1.27. The van der Waals surface area contributed by atoms with Crippen LogP contribution in [0.2, 0.25) is 0 Å². The molecule has 1 rings (SSSR count). The third-order valence-corrected chi connectivity index (χ3v) is 3.10. The van der Waals surface area contributed by atoms with E-state index in [4.69, 9.17) is 40.9 Å². The minimum absolute atomic E-state index is 0.176. The molecule has 0 unspecified atom stereocenters. The largest absolute Gasteiger partial charge is 0.481 e. The summed E-state index contributed by atoms with van der Waals surface area (Å²) in [4.78, 5) is 77.2. The maximum Gasteiger partial charge on any atom is 0.331 e. The highest BCUT2D eigenvalue weighted by atomic mass is 16.4. The molecule has 0 radical (unpaired) electrons. The number of hydrogen-bond acceptors (Lipinski definition) is 8. The highest BCUT2D eigenvalue weighted by molar-refractivity contribution is 5.91. The quantitative estimate of drug-likeness (QED) is 0.171. The molecular formula is C29H34O16. The van der Waals surface area contributed by atoms with Crippen LogP contribution in [0.5, 0.6) is 0 Å². The van der Waals surface area contributed by atoms with Gasteiger partial charge in [-0.1, -0.05) is 56.1 Å². The molecular weight excluding hydrogens is 604 g/mol. The molecule has 16 heteroatoms. The smallest absolute Gasteiger partial charge is 0.331 e. The number of carboxylic acid groups (broad SMARTS) is 8. The van der Waals surface area contributed by atoms with Gasteiger partial charge in [-0.2, -0.15) is 0 Å². The van der Waals surface area contributed by atoms with Crippen molar-refractivity contribution in [2.75, 3.05) is 0 Å². The maximum absolute atomic E-state index is 10.1. The second kappa shape index (κ2) is 31.9. The Morgan fingerprint density at radius 2 is 0.978 bits per heavy atom. The maximum atomic E-state index is 10.1. The van der Waals surface area contributed by atoms with Crippen LogP contribution in [-0.4, -0.2) is 88.6 Å². The summed E-state index contributed by atoms with van der Waals surface area (Å²) in [5, 5.41) is 63.3. The van der Waals surface area contributed by atoms with Crippen LogP contribution in [0.25, 0.3) is 6.08 Å². The van der Waals surface area contributed by atoms with Crippen molar-refractivity contribution in [1.82, 2.24) is 0 Å². The van der Waals surface area contributed by atoms with E-state index in [0.29, 0.717) is 12.2 Å². The van der Waals surface area contributed by atoms with Crippen LogP contribution in [0, 0.1) is 0 Å². The van der Waals surface area contributed by atoms with Gasteiger partial charge in [0.05, 0.1) is 6.42 Å². The highest BCUT2D eigenvalue weighted by Gasteiger charge is 2.07. The number of rotatable bonds is 10. The lowest BCUT2D eigenvalue weighted by Gasteiger charge is -1.91. The first-order chi connectivity index (χ1) is 20.6. The first kappa shape index (κ1) is 48.2. The molecule has 0 atom stereocenters. The Labute approximate surface area is 256 Å². The van der Waals surface area contributed by atoms with Gasteiger partial charge >= 0.3 is 47.8 Å². The Hall–Kier alpha value is -6.58. The van der Waals surface area contributed by atoms with E-state index in [-0.39, 0.29) is 11.1 Å². The van der Waals surface area contributed by atoms with Gasteiger partial charge in [-0.25, -0.2) is 33.6 Å². The standard InChI is InChI=1S/C9H8O2.C5H6O4.C4H4O4.2C4H6O2.C3H4O2/c10-9(11)7-6-8-4-2-1-3-5-8;1-3(5(8)9)2-4(6)7;5-3(6)1-2-4(7)8;1-3(2)4(5)6;1-2-3-4(5)6;1-2-3(4)5/h1-7H,(H,10,11);1-2H2,(H,6,7)(H,8,9);1-2H,(H,5,6)(H,7,8);1H2,2H3,(H,5,6);2-3H,1H3,(H,5,6);2H,1H2,(H,4,5). The monoisotopic (exact) mass is 638 g/mol. The van der Waals surface area contributed by atoms with Crippen LogP contribution >= 0.6 is 0 Å². The van der Waals surface area contributed by atoms with Crippen molar-refractivity contribution in [3.8, 4) is 0 Å². The molecule has 0 aliphatic heterocycles. The lowest BCUT2D eigenvalue weighted by Crippen LogP contribution is -2.04. The van der Waals surface area contributed by atoms with Crippen molar-refractivity contribution in [3.05, 3.63) is 103 Å². The van der Waals surface area contributed by atoms with E-state index < -0.39 is 54.2 Å². The lowest BCUT2D eigenvalue weighted by molar-refractivity contribution is -0.139. The van der Waals surface area contributed by atoms with E-state index in [1.165, 1.54) is 13.0 Å². The Morgan fingerprint density at radius 1 is 0.622 bits per heavy atom. The van der Waals surface area contributed by atoms with Gasteiger partial charge in [0.15, 0.2) is 0 Å². The van der Waals surface area contributed by atoms with Crippen molar-refractivity contribution in [1.29, 1.82) is 0 Å². The molecule has 16 nitrogen and oxygen atoms in total. The van der Waals surface area contributed by atoms with Gasteiger partial charge in [0, 0.05) is 41.5 Å². The predicted molar refractivity (Wildman–Crippen MR) is 159 cm³/mol. The summed E-state index contributed by atoms with van der Waals surface area (Å²) in [6.45, 7) is 12.2. The van der Waals surface area contributed by atoms with E-state index in [2.05, 4.69) is 19.7 Å². The summed E-state index contributed by atoms with van der Waals surface area (Å²) in [6.07, 6.45) is 6.68. The van der Waals surface area contributed by atoms with Gasteiger partial charge in [-0.3, -0.25) is 4.79 Å². The number of allylic oxidation sites excluding steroid dienone is 1. The summed E-state index contributed by atoms with van der Waals surface area (Å²) in [7, 11) is 0. The third-order valence-electron chi connectivity index (χ3n) is 3.10. The molecule has 0 bridgehead atoms. The SMILES string of the molecule is C=C(C)C(=O)O.C=C(CC(=O)O)C(=O)O.C=CC(=O)O.CC=CC(=O)O.O=C(O)C=CC(=O)O.O=C(O)C=Cc1ccccc1. The zero-order valence-corrected chi connectivity index (χ0v) is 24.1.